The molecule has 4 aliphatic rings. The molecule has 33 heavy (non-hydrogen) atoms. The van der Waals surface area contributed by atoms with Gasteiger partial charge in [0.05, 0.1) is 11.6 Å². The van der Waals surface area contributed by atoms with Crippen LogP contribution in [0.25, 0.3) is 0 Å². The van der Waals surface area contributed by atoms with Gasteiger partial charge in [0.25, 0.3) is 0 Å². The minimum atomic E-state index is 0. The topological polar surface area (TPSA) is 35.8 Å². The standard InChI is InChI=1S/C29H42N2.C2H6.2H2/c1-19-10-12-24-22(16-19)11-13-26-25(24)14-15-29(3)27(8-5-9-28(26)29)20(2)31-23-7-4-6-21(17-23)18-30;1-2;;/h4,6-7,17,19-20,22,24-28,31H,5,8-16H2,1-3H3;1-2H3;2*1H/t19-,20+,22+,24-,25?,26+,27+,28?,29+;;;/m0.../s1. The monoisotopic (exact) mass is 452 g/mol. The van der Waals surface area contributed by atoms with E-state index in [4.69, 9.17) is 0 Å². The predicted octanol–water partition coefficient (Wildman–Crippen LogP) is 9.17. The summed E-state index contributed by atoms with van der Waals surface area (Å²) in [5, 5.41) is 13.1. The van der Waals surface area contributed by atoms with Crippen molar-refractivity contribution in [1.29, 1.82) is 5.26 Å². The predicted molar refractivity (Wildman–Crippen MR) is 144 cm³/mol. The lowest BCUT2D eigenvalue weighted by Crippen LogP contribution is -2.55. The average Bonchev–Trinajstić information content (AvgIpc) is 2.84. The smallest absolute Gasteiger partial charge is 0.0992 e. The highest BCUT2D eigenvalue weighted by atomic mass is 14.9. The number of fused-ring (bicyclic) bond motifs is 5. The van der Waals surface area contributed by atoms with Crippen LogP contribution in [0, 0.1) is 58.2 Å². The molecule has 0 spiro atoms. The zero-order valence-corrected chi connectivity index (χ0v) is 21.9. The Labute approximate surface area is 206 Å². The number of nitriles is 1. The van der Waals surface area contributed by atoms with Crippen LogP contribution in [0.2, 0.25) is 0 Å². The Kier molecular flexibility index (Phi) is 7.77. The van der Waals surface area contributed by atoms with Gasteiger partial charge in [0.15, 0.2) is 0 Å². The van der Waals surface area contributed by atoms with Crippen LogP contribution in [-0.2, 0) is 0 Å². The van der Waals surface area contributed by atoms with Gasteiger partial charge in [-0.1, -0.05) is 46.6 Å². The SMILES string of the molecule is CC.C[C@H]1CC[C@@H]2C3CC[C@@]4(C)C(CCC[C@@H]4[C@@H](C)Nc4cccc(C#N)c4)[C@@H]3CC[C@@H]2C1.[HH].[HH]. The molecule has 1 aromatic carbocycles. The number of rotatable bonds is 3. The van der Waals surface area contributed by atoms with Crippen LogP contribution >= 0.6 is 0 Å². The molecule has 4 fully saturated rings. The van der Waals surface area contributed by atoms with E-state index in [1.165, 1.54) is 64.2 Å². The first-order chi connectivity index (χ1) is 16.0. The Morgan fingerprint density at radius 3 is 2.61 bits per heavy atom. The Morgan fingerprint density at radius 1 is 1.03 bits per heavy atom. The molecule has 4 saturated carbocycles. The van der Waals surface area contributed by atoms with Crippen LogP contribution in [0.3, 0.4) is 0 Å². The molecule has 0 bridgehead atoms. The van der Waals surface area contributed by atoms with Crippen molar-refractivity contribution in [3.63, 3.8) is 0 Å². The van der Waals surface area contributed by atoms with Crippen LogP contribution < -0.4 is 5.32 Å². The van der Waals surface area contributed by atoms with Crippen molar-refractivity contribution in [2.75, 3.05) is 5.32 Å². The Morgan fingerprint density at radius 2 is 1.82 bits per heavy atom. The maximum Gasteiger partial charge on any atom is 0.0992 e. The van der Waals surface area contributed by atoms with Crippen LogP contribution in [-0.4, -0.2) is 6.04 Å². The first-order valence-electron chi connectivity index (χ1n) is 14.3. The second-order valence-electron chi connectivity index (χ2n) is 12.1. The lowest BCUT2D eigenvalue weighted by atomic mass is 9.44. The van der Waals surface area contributed by atoms with E-state index in [-0.39, 0.29) is 2.85 Å². The fraction of sp³-hybridized carbons (Fsp3) is 0.774. The summed E-state index contributed by atoms with van der Waals surface area (Å²) in [5.41, 5.74) is 2.35. The molecule has 2 heteroatoms. The van der Waals surface area contributed by atoms with Crippen molar-refractivity contribution >= 4 is 5.69 Å². The van der Waals surface area contributed by atoms with Crippen LogP contribution in [0.15, 0.2) is 24.3 Å². The van der Waals surface area contributed by atoms with Gasteiger partial charge in [0.2, 0.25) is 0 Å². The molecule has 0 saturated heterocycles. The summed E-state index contributed by atoms with van der Waals surface area (Å²) < 4.78 is 0. The maximum atomic E-state index is 9.27. The fourth-order valence-corrected chi connectivity index (χ4v) is 9.19. The molecule has 1 aromatic rings. The van der Waals surface area contributed by atoms with Gasteiger partial charge in [-0.05, 0) is 123 Å². The molecule has 1 N–H and O–H groups in total. The highest BCUT2D eigenvalue weighted by Gasteiger charge is 2.56. The average molecular weight is 453 g/mol. The third kappa shape index (κ3) is 4.72. The van der Waals surface area contributed by atoms with E-state index in [1.54, 1.807) is 0 Å². The van der Waals surface area contributed by atoms with Crippen molar-refractivity contribution in [2.45, 2.75) is 105 Å². The molecule has 0 aliphatic heterocycles. The van der Waals surface area contributed by atoms with Gasteiger partial charge in [0.1, 0.15) is 0 Å². The van der Waals surface area contributed by atoms with Gasteiger partial charge >= 0.3 is 0 Å². The third-order valence-electron chi connectivity index (χ3n) is 10.5. The summed E-state index contributed by atoms with van der Waals surface area (Å²) in [6.07, 6.45) is 14.7. The number of hydrogen-bond acceptors (Lipinski definition) is 2. The Balaban J connectivity index is 0.00000105. The summed E-state index contributed by atoms with van der Waals surface area (Å²) in [6.45, 7) is 11.6. The molecule has 0 heterocycles. The Hall–Kier alpha value is -1.49. The lowest BCUT2D eigenvalue weighted by molar-refractivity contribution is -0.112. The first-order valence-corrected chi connectivity index (χ1v) is 14.3. The molecule has 9 atom stereocenters. The van der Waals surface area contributed by atoms with E-state index >= 15 is 0 Å². The van der Waals surface area contributed by atoms with Crippen LogP contribution in [0.5, 0.6) is 0 Å². The number of hydrogen-bond donors (Lipinski definition) is 1. The molecule has 5 rings (SSSR count). The normalized spacial score (nSPS) is 40.5. The van der Waals surface area contributed by atoms with E-state index in [9.17, 15) is 5.26 Å². The largest absolute Gasteiger partial charge is 0.382 e. The van der Waals surface area contributed by atoms with Gasteiger partial charge in [0, 0.05) is 14.6 Å². The van der Waals surface area contributed by atoms with Crippen molar-refractivity contribution in [2.24, 2.45) is 46.8 Å². The van der Waals surface area contributed by atoms with Crippen molar-refractivity contribution in [3.8, 4) is 6.07 Å². The summed E-state index contributed by atoms with van der Waals surface area (Å²) >= 11 is 0. The molecular formula is C31H52N2. The van der Waals surface area contributed by atoms with Gasteiger partial charge in [-0.3, -0.25) is 0 Å². The van der Waals surface area contributed by atoms with E-state index in [0.717, 1.165) is 52.7 Å². The molecule has 0 amide bonds. The van der Waals surface area contributed by atoms with E-state index < -0.39 is 0 Å². The van der Waals surface area contributed by atoms with Gasteiger partial charge in [-0.25, -0.2) is 0 Å². The second kappa shape index (κ2) is 10.4. The first kappa shape index (κ1) is 24.6. The minimum absolute atomic E-state index is 0. The number of benzene rings is 1. The van der Waals surface area contributed by atoms with Crippen LogP contribution in [0.1, 0.15) is 107 Å². The third-order valence-corrected chi connectivity index (χ3v) is 10.5. The van der Waals surface area contributed by atoms with E-state index in [0.29, 0.717) is 11.5 Å². The number of nitrogens with zero attached hydrogens (tertiary/aromatic N) is 1. The van der Waals surface area contributed by atoms with Crippen molar-refractivity contribution < 1.29 is 2.85 Å². The van der Waals surface area contributed by atoms with Crippen LogP contribution in [0.4, 0.5) is 5.69 Å². The maximum absolute atomic E-state index is 9.27. The number of anilines is 1. The van der Waals surface area contributed by atoms with Crippen molar-refractivity contribution in [3.05, 3.63) is 29.8 Å². The highest BCUT2D eigenvalue weighted by Crippen LogP contribution is 2.63. The molecule has 0 radical (unpaired) electrons. The van der Waals surface area contributed by atoms with Gasteiger partial charge in [-0.2, -0.15) is 5.26 Å². The Bertz CT molecular complexity index is 836. The highest BCUT2D eigenvalue weighted by molar-refractivity contribution is 5.49. The summed E-state index contributed by atoms with van der Waals surface area (Å²) in [4.78, 5) is 0. The molecule has 2 unspecified atom stereocenters. The van der Waals surface area contributed by atoms with Gasteiger partial charge < -0.3 is 5.32 Å². The summed E-state index contributed by atoms with van der Waals surface area (Å²) in [7, 11) is 0. The molecular weight excluding hydrogens is 400 g/mol. The van der Waals surface area contributed by atoms with E-state index in [2.05, 4.69) is 38.2 Å². The molecule has 4 aliphatic carbocycles. The quantitative estimate of drug-likeness (QED) is 0.496. The van der Waals surface area contributed by atoms with Crippen molar-refractivity contribution in [1.82, 2.24) is 0 Å². The molecule has 2 nitrogen and oxygen atoms in total. The zero-order valence-electron chi connectivity index (χ0n) is 21.9. The molecule has 0 aromatic heterocycles. The molecule has 186 valence electrons. The fourth-order valence-electron chi connectivity index (χ4n) is 9.19. The summed E-state index contributed by atoms with van der Waals surface area (Å²) in [6, 6.07) is 10.8. The summed E-state index contributed by atoms with van der Waals surface area (Å²) in [5.74, 6) is 6.74. The lowest BCUT2D eigenvalue weighted by Gasteiger charge is -2.61. The van der Waals surface area contributed by atoms with E-state index in [1.807, 2.05) is 32.0 Å². The zero-order chi connectivity index (χ0) is 23.6. The minimum Gasteiger partial charge on any atom is -0.382 e. The number of nitrogens with one attached hydrogen (secondary N) is 1. The van der Waals surface area contributed by atoms with Gasteiger partial charge in [-0.15, -0.1) is 0 Å². The second-order valence-corrected chi connectivity index (χ2v) is 12.1.